The predicted molar refractivity (Wildman–Crippen MR) is 646 cm³/mol. The summed E-state index contributed by atoms with van der Waals surface area (Å²) >= 11 is 0. The van der Waals surface area contributed by atoms with Gasteiger partial charge >= 0.3 is 0 Å². The molecule has 0 heterocycles. The van der Waals surface area contributed by atoms with Crippen molar-refractivity contribution >= 4 is 57.8 Å². The smallest absolute Gasteiger partial charge is 0.168 e. The second kappa shape index (κ2) is 71.6. The van der Waals surface area contributed by atoms with Crippen LogP contribution >= 0.6 is 0 Å². The molecule has 10 heteroatoms. The van der Waals surface area contributed by atoms with Gasteiger partial charge in [0.2, 0.25) is 0 Å². The number of ketones is 10. The lowest BCUT2D eigenvalue weighted by Crippen LogP contribution is -2.22. The van der Waals surface area contributed by atoms with Crippen LogP contribution in [0.1, 0.15) is 405 Å². The summed E-state index contributed by atoms with van der Waals surface area (Å²) in [5, 5.41) is 0. The van der Waals surface area contributed by atoms with Gasteiger partial charge in [-0.05, 0) is 159 Å². The van der Waals surface area contributed by atoms with Crippen molar-refractivity contribution in [3.63, 3.8) is 0 Å². The second-order valence-electron chi connectivity index (χ2n) is 47.9. The third-order valence-corrected chi connectivity index (χ3v) is 23.6. The van der Waals surface area contributed by atoms with E-state index < -0.39 is 0 Å². The molecule has 10 aromatic rings. The number of rotatable bonds is 21. The van der Waals surface area contributed by atoms with E-state index in [0.29, 0.717) is 97.6 Å². The highest BCUT2D eigenvalue weighted by molar-refractivity contribution is 6.00. The van der Waals surface area contributed by atoms with Gasteiger partial charge in [-0.2, -0.15) is 0 Å². The van der Waals surface area contributed by atoms with Crippen LogP contribution in [0.25, 0.3) is 0 Å². The number of aryl methyl sites for hydroxylation is 12. The standard InChI is InChI=1S/C15H22O.3C14H20O.2C13H18O.3C12H16O.C11H14O.4C2H6.CH4/c1-11-6-7-13(10-12(11)2)8-9-14(16)15(3,4)5;2*1-10-6-7-12(8-11(10)2)9-13(15)14(3,4)5;1-11-6-5-7-12(10-11)8-9-13(15)14(2,3)4;1-10-6-5-7-11(8-10)9-12(14)13(2,3)4;1-13(2,3)12(14)10-9-11-7-5-4-6-8-11;1-9-5-7-10(8-6-9)11(13)12(2,3)4;2*1-12(2,3)11(13)9-10-7-5-4-6-8-10;1-11(2,3)10(12)9-7-5-4-6-8-9;4*1-2;/h6-7,10H,8-9H2,1-5H3;2*6-8H,9H2,1-5H3;5-7,10H,8-9H2,1-4H3;5-8H,9H2,1-4H3;4-8H,9-10H2,1-3H3;5-8H,1-4H3;2*4-8H,9H2,1-3H3;4-8H,1-3H3;4*1-2H3;1H4. The maximum atomic E-state index is 11.8. The van der Waals surface area contributed by atoms with Crippen LogP contribution in [-0.4, -0.2) is 57.8 Å². The van der Waals surface area contributed by atoms with Gasteiger partial charge in [-0.1, -0.05) is 536 Å². The third kappa shape index (κ3) is 67.0. The summed E-state index contributed by atoms with van der Waals surface area (Å²) in [6.45, 7) is 93.6. The Hall–Kier alpha value is -11.1. The molecular weight excluding hydrogens is 1830 g/mol. The number of hydrogen-bond donors (Lipinski definition) is 0. The molecule has 0 spiro atoms. The Labute approximate surface area is 911 Å². The summed E-state index contributed by atoms with van der Waals surface area (Å²) in [6, 6.07) is 82.4. The van der Waals surface area contributed by atoms with Crippen LogP contribution in [-0.2, 0) is 89.7 Å². The van der Waals surface area contributed by atoms with Crippen molar-refractivity contribution in [2.24, 2.45) is 54.1 Å². The van der Waals surface area contributed by atoms with Crippen molar-refractivity contribution < 1.29 is 47.9 Å². The Balaban J connectivity index is -0.000000511. The molecule has 0 aliphatic carbocycles. The van der Waals surface area contributed by atoms with Crippen LogP contribution in [0, 0.1) is 116 Å². The molecule has 0 unspecified atom stereocenters. The topological polar surface area (TPSA) is 171 Å². The highest BCUT2D eigenvalue weighted by Crippen LogP contribution is 2.29. The molecule has 0 aromatic heterocycles. The molecule has 0 saturated heterocycles. The van der Waals surface area contributed by atoms with E-state index in [-0.39, 0.29) is 73.1 Å². The summed E-state index contributed by atoms with van der Waals surface area (Å²) in [4.78, 5) is 117. The maximum absolute atomic E-state index is 11.8. The van der Waals surface area contributed by atoms with Gasteiger partial charge in [0.15, 0.2) is 11.6 Å². The van der Waals surface area contributed by atoms with E-state index >= 15 is 0 Å². The van der Waals surface area contributed by atoms with Crippen LogP contribution in [0.3, 0.4) is 0 Å². The molecule has 0 aliphatic heterocycles. The first-order chi connectivity index (χ1) is 68.1. The van der Waals surface area contributed by atoms with Crippen molar-refractivity contribution in [3.8, 4) is 0 Å². The Kier molecular flexibility index (Phi) is 70.3. The van der Waals surface area contributed by atoms with Crippen LogP contribution in [0.15, 0.2) is 249 Å². The first-order valence-corrected chi connectivity index (χ1v) is 54.0. The molecule has 0 N–H and O–H groups in total. The van der Waals surface area contributed by atoms with Crippen molar-refractivity contribution in [2.75, 3.05) is 0 Å². The minimum absolute atomic E-state index is 0. The van der Waals surface area contributed by atoms with E-state index in [4.69, 9.17) is 0 Å². The fraction of sp³-hybridized carbons (Fsp3) is 0.496. The molecule has 10 nitrogen and oxygen atoms in total. The summed E-state index contributed by atoms with van der Waals surface area (Å²) < 4.78 is 0. The molecule has 0 saturated carbocycles. The Morgan fingerprint density at radius 2 is 0.362 bits per heavy atom. The van der Waals surface area contributed by atoms with Gasteiger partial charge in [0.05, 0.1) is 0 Å². The van der Waals surface area contributed by atoms with Gasteiger partial charge in [-0.15, -0.1) is 0 Å². The lowest BCUT2D eigenvalue weighted by Gasteiger charge is -2.16. The van der Waals surface area contributed by atoms with E-state index in [2.05, 4.69) is 127 Å². The van der Waals surface area contributed by atoms with E-state index in [1.165, 1.54) is 66.8 Å². The first kappa shape index (κ1) is 146. The SMILES string of the molecule is C.CC.CC.CC.CC.CC(C)(C)C(=O)CCc1ccccc1.CC(C)(C)C(=O)Cc1ccccc1.CC(C)(C)C(=O)Cc1ccccc1.CC(C)(C)C(=O)c1ccccc1.Cc1ccc(C(=O)C(C)(C)C)cc1.Cc1ccc(CC(=O)C(C)(C)C)cc1C.Cc1ccc(CC(=O)C(C)(C)C)cc1C.Cc1ccc(CCC(=O)C(C)(C)C)cc1C.Cc1cccc(CC(=O)C(C)(C)C)c1.Cc1cccc(CCC(=O)C(C)(C)C)c1. The van der Waals surface area contributed by atoms with Gasteiger partial charge in [0, 0.05) is 117 Å². The average Bonchev–Trinajstić information content (AvgIpc) is 0.846. The van der Waals surface area contributed by atoms with E-state index in [0.717, 1.165) is 58.2 Å². The molecule has 0 atom stereocenters. The fourth-order valence-corrected chi connectivity index (χ4v) is 12.6. The molecule has 10 aromatic carbocycles. The highest BCUT2D eigenvalue weighted by atomic mass is 16.2. The van der Waals surface area contributed by atoms with Gasteiger partial charge < -0.3 is 0 Å². The summed E-state index contributed by atoms with van der Waals surface area (Å²) in [6.07, 6.45) is 7.24. The molecule has 0 bridgehead atoms. The Morgan fingerprint density at radius 1 is 0.168 bits per heavy atom. The monoisotopic (exact) mass is 2040 g/mol. The number of carbonyl (C=O) groups excluding carboxylic acids is 10. The molecule has 0 fully saturated rings. The Bertz CT molecular complexity index is 5370. The van der Waals surface area contributed by atoms with E-state index in [1.807, 2.05) is 447 Å². The number of Topliss-reactive ketones (excluding diaryl/α,β-unsaturated/α-hetero) is 10. The highest BCUT2D eigenvalue weighted by Gasteiger charge is 2.29. The quantitative estimate of drug-likeness (QED) is 0.0631. The molecule has 0 aliphatic rings. The third-order valence-electron chi connectivity index (χ3n) is 23.6. The summed E-state index contributed by atoms with van der Waals surface area (Å²) in [5.74, 6) is 2.88. The molecule has 0 radical (unpaired) electrons. The lowest BCUT2D eigenvalue weighted by molar-refractivity contribution is -0.126. The first-order valence-electron chi connectivity index (χ1n) is 54.0. The van der Waals surface area contributed by atoms with E-state index in [9.17, 15) is 47.9 Å². The maximum Gasteiger partial charge on any atom is 0.168 e. The van der Waals surface area contributed by atoms with Crippen molar-refractivity contribution in [1.29, 1.82) is 0 Å². The van der Waals surface area contributed by atoms with Crippen molar-refractivity contribution in [1.82, 2.24) is 0 Å². The zero-order valence-electron chi connectivity index (χ0n) is 102. The number of hydrogen-bond acceptors (Lipinski definition) is 10. The summed E-state index contributed by atoms with van der Waals surface area (Å²) in [7, 11) is 0. The van der Waals surface area contributed by atoms with Gasteiger partial charge in [-0.25, -0.2) is 0 Å². The summed E-state index contributed by atoms with van der Waals surface area (Å²) in [5.41, 5.74) is 19.9. The normalized spacial score (nSPS) is 10.9. The largest absolute Gasteiger partial charge is 0.299 e. The zero-order chi connectivity index (χ0) is 116. The molecular formula is C139H208O10. The van der Waals surface area contributed by atoms with Gasteiger partial charge in [-0.3, -0.25) is 47.9 Å². The molecule has 0 amide bonds. The minimum Gasteiger partial charge on any atom is -0.299 e. The van der Waals surface area contributed by atoms with E-state index in [1.54, 1.807) is 0 Å². The second-order valence-corrected chi connectivity index (χ2v) is 47.9. The predicted octanol–water partition coefficient (Wildman–Crippen LogP) is 37.3. The number of benzene rings is 10. The fourth-order valence-electron chi connectivity index (χ4n) is 12.6. The van der Waals surface area contributed by atoms with Crippen molar-refractivity contribution in [3.05, 3.63) is 354 Å². The number of carbonyl (C=O) groups is 10. The molecule has 149 heavy (non-hydrogen) atoms. The van der Waals surface area contributed by atoms with Crippen LogP contribution in [0.2, 0.25) is 0 Å². The zero-order valence-corrected chi connectivity index (χ0v) is 102. The van der Waals surface area contributed by atoms with Crippen LogP contribution < -0.4 is 0 Å². The Morgan fingerprint density at radius 3 is 0.611 bits per heavy atom. The lowest BCUT2D eigenvalue weighted by atomic mass is 9.86. The molecule has 824 valence electrons. The molecule has 10 rings (SSSR count). The van der Waals surface area contributed by atoms with Crippen LogP contribution in [0.5, 0.6) is 0 Å². The van der Waals surface area contributed by atoms with Gasteiger partial charge in [0.25, 0.3) is 0 Å². The van der Waals surface area contributed by atoms with Crippen molar-refractivity contribution in [2.45, 2.75) is 403 Å². The average molecular weight is 2040 g/mol. The van der Waals surface area contributed by atoms with Crippen LogP contribution in [0.4, 0.5) is 0 Å². The van der Waals surface area contributed by atoms with Gasteiger partial charge in [0.1, 0.15) is 46.3 Å². The minimum atomic E-state index is -0.282.